The molecule has 0 radical (unpaired) electrons. The van der Waals surface area contributed by atoms with E-state index < -0.39 is 0 Å². The molecule has 0 atom stereocenters. The fraction of sp³-hybridized carbons (Fsp3) is 0. The van der Waals surface area contributed by atoms with Gasteiger partial charge in [-0.1, -0.05) is 121 Å². The zero-order chi connectivity index (χ0) is 31.2. The van der Waals surface area contributed by atoms with Gasteiger partial charge in [-0.3, -0.25) is 0 Å². The van der Waals surface area contributed by atoms with Crippen molar-refractivity contribution in [3.63, 3.8) is 0 Å². The van der Waals surface area contributed by atoms with Gasteiger partial charge in [0, 0.05) is 42.8 Å². The SMILES string of the molecule is c1ccc(-c2nc3ccc4sc5cc(N(c6ccccc6)c6ccc(-c7ccccc7-c7ccccc7)cc6)ccc5c4c3s2)cc1. The van der Waals surface area contributed by atoms with E-state index in [0.29, 0.717) is 0 Å². The normalized spacial score (nSPS) is 11.4. The molecule has 9 rings (SSSR count). The highest BCUT2D eigenvalue weighted by atomic mass is 32.1. The summed E-state index contributed by atoms with van der Waals surface area (Å²) in [7, 11) is 0. The Morgan fingerprint density at radius 3 is 1.70 bits per heavy atom. The molecule has 0 bridgehead atoms. The van der Waals surface area contributed by atoms with Gasteiger partial charge in [-0.25, -0.2) is 4.98 Å². The lowest BCUT2D eigenvalue weighted by Crippen LogP contribution is -2.09. The van der Waals surface area contributed by atoms with Gasteiger partial charge in [0.15, 0.2) is 0 Å². The van der Waals surface area contributed by atoms with Gasteiger partial charge in [0.1, 0.15) is 5.01 Å². The molecular weight excluding hydrogens is 609 g/mol. The molecule has 0 fully saturated rings. The van der Waals surface area contributed by atoms with E-state index in [9.17, 15) is 0 Å². The van der Waals surface area contributed by atoms with E-state index in [0.717, 1.165) is 33.1 Å². The van der Waals surface area contributed by atoms with Gasteiger partial charge < -0.3 is 4.90 Å². The molecule has 0 saturated heterocycles. The topological polar surface area (TPSA) is 16.1 Å². The van der Waals surface area contributed by atoms with Crippen LogP contribution in [0.5, 0.6) is 0 Å². The summed E-state index contributed by atoms with van der Waals surface area (Å²) < 4.78 is 3.82. The summed E-state index contributed by atoms with van der Waals surface area (Å²) in [5, 5.41) is 3.65. The lowest BCUT2D eigenvalue weighted by Gasteiger charge is -2.26. The number of hydrogen-bond donors (Lipinski definition) is 0. The zero-order valence-corrected chi connectivity index (χ0v) is 27.0. The third kappa shape index (κ3) is 4.99. The maximum Gasteiger partial charge on any atom is 0.124 e. The summed E-state index contributed by atoms with van der Waals surface area (Å²) in [6.07, 6.45) is 0. The van der Waals surface area contributed by atoms with Crippen LogP contribution in [-0.2, 0) is 0 Å². The standard InChI is InChI=1S/C43H28N2S2/c1-4-12-29(13-5-1)35-18-10-11-19-36(35)30-20-22-33(23-21-30)45(32-16-8-3-9-17-32)34-24-25-37-40(28-34)46-39-27-26-38-42(41(37)39)47-43(44-38)31-14-6-2-7-15-31/h1-28H. The Morgan fingerprint density at radius 2 is 1.00 bits per heavy atom. The summed E-state index contributed by atoms with van der Waals surface area (Å²) in [6.45, 7) is 0. The number of thiophene rings is 1. The van der Waals surface area contributed by atoms with Crippen molar-refractivity contribution in [1.29, 1.82) is 0 Å². The lowest BCUT2D eigenvalue weighted by molar-refractivity contribution is 1.29. The van der Waals surface area contributed by atoms with Crippen LogP contribution < -0.4 is 4.90 Å². The number of rotatable bonds is 6. The summed E-state index contributed by atoms with van der Waals surface area (Å²) in [4.78, 5) is 7.36. The average Bonchev–Trinajstić information content (AvgIpc) is 3.75. The second kappa shape index (κ2) is 11.7. The number of para-hydroxylation sites is 1. The summed E-state index contributed by atoms with van der Waals surface area (Å²) in [6, 6.07) is 60.7. The van der Waals surface area contributed by atoms with Gasteiger partial charge in [0.2, 0.25) is 0 Å². The van der Waals surface area contributed by atoms with Gasteiger partial charge in [0.25, 0.3) is 0 Å². The van der Waals surface area contributed by atoms with Crippen molar-refractivity contribution in [1.82, 2.24) is 4.98 Å². The van der Waals surface area contributed by atoms with Crippen molar-refractivity contribution >= 4 is 70.1 Å². The Labute approximate surface area is 281 Å². The third-order valence-electron chi connectivity index (χ3n) is 8.72. The molecule has 2 nitrogen and oxygen atoms in total. The van der Waals surface area contributed by atoms with Crippen LogP contribution in [0.1, 0.15) is 0 Å². The van der Waals surface area contributed by atoms with Crippen LogP contribution >= 0.6 is 22.7 Å². The molecule has 9 aromatic rings. The van der Waals surface area contributed by atoms with Gasteiger partial charge in [-0.2, -0.15) is 0 Å². The van der Waals surface area contributed by atoms with E-state index in [1.807, 2.05) is 11.3 Å². The smallest absolute Gasteiger partial charge is 0.124 e. The first kappa shape index (κ1) is 27.7. The van der Waals surface area contributed by atoms with Crippen molar-refractivity contribution in [3.8, 4) is 32.8 Å². The van der Waals surface area contributed by atoms with Crippen molar-refractivity contribution in [3.05, 3.63) is 170 Å². The molecular formula is C43H28N2S2. The third-order valence-corrected chi connectivity index (χ3v) is 11.0. The van der Waals surface area contributed by atoms with Gasteiger partial charge in [-0.05, 0) is 70.8 Å². The van der Waals surface area contributed by atoms with E-state index in [2.05, 4.69) is 175 Å². The first-order valence-electron chi connectivity index (χ1n) is 15.7. The molecule has 0 aliphatic carbocycles. The molecule has 47 heavy (non-hydrogen) atoms. The van der Waals surface area contributed by atoms with E-state index in [4.69, 9.17) is 4.98 Å². The van der Waals surface area contributed by atoms with Gasteiger partial charge in [-0.15, -0.1) is 22.7 Å². The fourth-order valence-corrected chi connectivity index (χ4v) is 8.84. The summed E-state index contributed by atoms with van der Waals surface area (Å²) >= 11 is 3.64. The van der Waals surface area contributed by atoms with Crippen LogP contribution in [0.2, 0.25) is 0 Å². The minimum atomic E-state index is 1.06. The van der Waals surface area contributed by atoms with Crippen LogP contribution in [0.15, 0.2) is 170 Å². The van der Waals surface area contributed by atoms with Crippen molar-refractivity contribution < 1.29 is 0 Å². The predicted molar refractivity (Wildman–Crippen MR) is 203 cm³/mol. The second-order valence-electron chi connectivity index (χ2n) is 11.6. The highest BCUT2D eigenvalue weighted by molar-refractivity contribution is 7.28. The Bertz CT molecular complexity index is 2500. The average molecular weight is 637 g/mol. The second-order valence-corrected chi connectivity index (χ2v) is 13.7. The molecule has 0 amide bonds. The predicted octanol–water partition coefficient (Wildman–Crippen LogP) is 13.1. The van der Waals surface area contributed by atoms with E-state index in [-0.39, 0.29) is 0 Å². The van der Waals surface area contributed by atoms with E-state index in [1.54, 1.807) is 11.3 Å². The van der Waals surface area contributed by atoms with E-state index >= 15 is 0 Å². The fourth-order valence-electron chi connectivity index (χ4n) is 6.50. The molecule has 0 N–H and O–H groups in total. The van der Waals surface area contributed by atoms with Gasteiger partial charge in [0.05, 0.1) is 10.2 Å². The monoisotopic (exact) mass is 636 g/mol. The van der Waals surface area contributed by atoms with Crippen LogP contribution in [0.25, 0.3) is 63.2 Å². The highest BCUT2D eigenvalue weighted by Crippen LogP contribution is 2.45. The van der Waals surface area contributed by atoms with E-state index in [1.165, 1.54) is 47.1 Å². The van der Waals surface area contributed by atoms with Crippen molar-refractivity contribution in [2.45, 2.75) is 0 Å². The number of hydrogen-bond acceptors (Lipinski definition) is 4. The van der Waals surface area contributed by atoms with Crippen LogP contribution in [-0.4, -0.2) is 4.98 Å². The number of anilines is 3. The zero-order valence-electron chi connectivity index (χ0n) is 25.4. The molecule has 0 aliphatic heterocycles. The first-order valence-corrected chi connectivity index (χ1v) is 17.3. The number of fused-ring (bicyclic) bond motifs is 5. The Kier molecular flexibility index (Phi) is 6.89. The molecule has 2 aromatic heterocycles. The molecule has 7 aromatic carbocycles. The molecule has 0 spiro atoms. The Balaban J connectivity index is 1.14. The minimum absolute atomic E-state index is 1.06. The molecule has 222 valence electrons. The first-order chi connectivity index (χ1) is 23.3. The maximum absolute atomic E-state index is 5.01. The number of aromatic nitrogens is 1. The number of benzene rings is 7. The van der Waals surface area contributed by atoms with Crippen molar-refractivity contribution in [2.75, 3.05) is 4.90 Å². The number of nitrogens with zero attached hydrogens (tertiary/aromatic N) is 2. The van der Waals surface area contributed by atoms with Crippen LogP contribution in [0.4, 0.5) is 17.1 Å². The molecule has 0 saturated carbocycles. The Morgan fingerprint density at radius 1 is 0.426 bits per heavy atom. The molecule has 0 unspecified atom stereocenters. The van der Waals surface area contributed by atoms with Crippen LogP contribution in [0.3, 0.4) is 0 Å². The minimum Gasteiger partial charge on any atom is -0.310 e. The largest absolute Gasteiger partial charge is 0.310 e. The molecule has 4 heteroatoms. The molecule has 0 aliphatic rings. The van der Waals surface area contributed by atoms with Crippen molar-refractivity contribution in [2.24, 2.45) is 0 Å². The Hall–Kier alpha value is -5.55. The van der Waals surface area contributed by atoms with Gasteiger partial charge >= 0.3 is 0 Å². The number of thiazole rings is 1. The maximum atomic E-state index is 5.01. The quantitative estimate of drug-likeness (QED) is 0.181. The lowest BCUT2D eigenvalue weighted by atomic mass is 9.94. The highest BCUT2D eigenvalue weighted by Gasteiger charge is 2.18. The van der Waals surface area contributed by atoms with Crippen LogP contribution in [0, 0.1) is 0 Å². The summed E-state index contributed by atoms with van der Waals surface area (Å²) in [5.74, 6) is 0. The molecule has 2 heterocycles. The summed E-state index contributed by atoms with van der Waals surface area (Å²) in [5.41, 5.74) is 10.5.